The van der Waals surface area contributed by atoms with Crippen LogP contribution in [0, 0.1) is 5.82 Å². The van der Waals surface area contributed by atoms with Crippen LogP contribution >= 0.6 is 22.9 Å². The molecule has 0 aliphatic rings. The highest BCUT2D eigenvalue weighted by molar-refractivity contribution is 7.12. The molecule has 0 amide bonds. The molecule has 1 aromatic carbocycles. The van der Waals surface area contributed by atoms with Crippen molar-refractivity contribution in [2.24, 2.45) is 10.7 Å². The molecule has 0 bridgehead atoms. The summed E-state index contributed by atoms with van der Waals surface area (Å²) in [6, 6.07) is 5.90. The zero-order chi connectivity index (χ0) is 12.4. The minimum absolute atomic E-state index is 0.0122. The Morgan fingerprint density at radius 1 is 1.35 bits per heavy atom. The molecule has 2 rings (SSSR count). The van der Waals surface area contributed by atoms with Gasteiger partial charge in [0, 0.05) is 0 Å². The number of halogens is 2. The third-order valence-electron chi connectivity index (χ3n) is 2.08. The second-order valence-electron chi connectivity index (χ2n) is 3.30. The molecule has 0 saturated carbocycles. The summed E-state index contributed by atoms with van der Waals surface area (Å²) >= 11 is 7.04. The van der Waals surface area contributed by atoms with Gasteiger partial charge in [0.2, 0.25) is 0 Å². The van der Waals surface area contributed by atoms with E-state index in [2.05, 4.69) is 4.99 Å². The van der Waals surface area contributed by atoms with Gasteiger partial charge in [-0.1, -0.05) is 11.6 Å². The Bertz CT molecular complexity index is 580. The van der Waals surface area contributed by atoms with E-state index >= 15 is 0 Å². The van der Waals surface area contributed by atoms with Crippen molar-refractivity contribution in [1.82, 2.24) is 0 Å². The maximum Gasteiger partial charge on any atom is 0.143 e. The maximum absolute atomic E-state index is 12.9. The Morgan fingerprint density at radius 2 is 2.12 bits per heavy atom. The molecule has 0 spiro atoms. The van der Waals surface area contributed by atoms with E-state index in [1.807, 2.05) is 5.38 Å². The summed E-state index contributed by atoms with van der Waals surface area (Å²) in [5.41, 5.74) is 12.6. The number of nitrogen functional groups attached to an aromatic ring is 1. The molecule has 0 saturated heterocycles. The Morgan fingerprint density at radius 3 is 2.71 bits per heavy atom. The average Bonchev–Trinajstić information content (AvgIpc) is 2.70. The van der Waals surface area contributed by atoms with Crippen LogP contribution in [0.25, 0.3) is 0 Å². The van der Waals surface area contributed by atoms with E-state index in [1.165, 1.54) is 29.5 Å². The molecule has 1 aromatic heterocycles. The van der Waals surface area contributed by atoms with Gasteiger partial charge in [0.05, 0.1) is 21.3 Å². The van der Waals surface area contributed by atoms with Crippen LogP contribution in [-0.4, -0.2) is 5.84 Å². The van der Waals surface area contributed by atoms with Crippen molar-refractivity contribution in [3.63, 3.8) is 0 Å². The Kier molecular flexibility index (Phi) is 3.31. The molecule has 1 heterocycles. The Balaban J connectivity index is 2.36. The lowest BCUT2D eigenvalue weighted by molar-refractivity contribution is 0.628. The van der Waals surface area contributed by atoms with Crippen molar-refractivity contribution in [3.8, 4) is 0 Å². The van der Waals surface area contributed by atoms with Crippen LogP contribution in [0.4, 0.5) is 15.8 Å². The summed E-state index contributed by atoms with van der Waals surface area (Å²) in [5, 5.41) is 1.84. The molecule has 0 aliphatic heterocycles. The van der Waals surface area contributed by atoms with E-state index in [1.54, 1.807) is 6.07 Å². The lowest BCUT2D eigenvalue weighted by Crippen LogP contribution is -2.12. The topological polar surface area (TPSA) is 64.4 Å². The molecule has 0 aliphatic carbocycles. The molecule has 2 aromatic rings. The summed E-state index contributed by atoms with van der Waals surface area (Å²) in [4.78, 5) is 4.84. The van der Waals surface area contributed by atoms with Gasteiger partial charge in [0.1, 0.15) is 11.7 Å². The van der Waals surface area contributed by atoms with Crippen molar-refractivity contribution in [1.29, 1.82) is 0 Å². The number of nitrogens with two attached hydrogens (primary N) is 2. The summed E-state index contributed by atoms with van der Waals surface area (Å²) < 4.78 is 12.9. The van der Waals surface area contributed by atoms with Gasteiger partial charge >= 0.3 is 0 Å². The molecule has 0 unspecified atom stereocenters. The number of hydrogen-bond donors (Lipinski definition) is 2. The van der Waals surface area contributed by atoms with Crippen LogP contribution < -0.4 is 11.5 Å². The molecule has 0 radical (unpaired) electrons. The summed E-state index contributed by atoms with van der Waals surface area (Å²) in [6.45, 7) is 0. The smallest absolute Gasteiger partial charge is 0.143 e. The third-order valence-corrected chi connectivity index (χ3v) is 3.32. The zero-order valence-electron chi connectivity index (χ0n) is 8.65. The normalized spacial score (nSPS) is 11.8. The fraction of sp³-hybridized carbons (Fsp3) is 0. The number of anilines is 1. The van der Waals surface area contributed by atoms with E-state index < -0.39 is 5.82 Å². The minimum Gasteiger partial charge on any atom is -0.397 e. The van der Waals surface area contributed by atoms with Gasteiger partial charge in [-0.2, -0.15) is 0 Å². The predicted octanol–water partition coefficient (Wildman–Crippen LogP) is 3.16. The van der Waals surface area contributed by atoms with Gasteiger partial charge in [-0.25, -0.2) is 9.38 Å². The summed E-state index contributed by atoms with van der Waals surface area (Å²) in [6.07, 6.45) is 0. The summed E-state index contributed by atoms with van der Waals surface area (Å²) in [7, 11) is 0. The van der Waals surface area contributed by atoms with Crippen LogP contribution in [0.3, 0.4) is 0 Å². The number of amidine groups is 1. The SMILES string of the molecule is NC(=Nc1ccc(F)c(Cl)c1)c1sccc1N. The van der Waals surface area contributed by atoms with Crippen molar-refractivity contribution in [3.05, 3.63) is 45.4 Å². The van der Waals surface area contributed by atoms with Gasteiger partial charge in [0.15, 0.2) is 0 Å². The van der Waals surface area contributed by atoms with Crippen LogP contribution in [0.2, 0.25) is 5.02 Å². The van der Waals surface area contributed by atoms with Crippen molar-refractivity contribution in [2.45, 2.75) is 0 Å². The number of rotatable bonds is 2. The fourth-order valence-electron chi connectivity index (χ4n) is 1.27. The van der Waals surface area contributed by atoms with Crippen molar-refractivity contribution in [2.75, 3.05) is 5.73 Å². The van der Waals surface area contributed by atoms with Crippen LogP contribution in [0.15, 0.2) is 34.6 Å². The molecular weight excluding hydrogens is 261 g/mol. The third kappa shape index (κ3) is 2.57. The largest absolute Gasteiger partial charge is 0.397 e. The fourth-order valence-corrected chi connectivity index (χ4v) is 2.17. The van der Waals surface area contributed by atoms with Gasteiger partial charge in [-0.15, -0.1) is 11.3 Å². The van der Waals surface area contributed by atoms with E-state index in [0.29, 0.717) is 22.1 Å². The van der Waals surface area contributed by atoms with Gasteiger partial charge in [-0.05, 0) is 29.6 Å². The van der Waals surface area contributed by atoms with E-state index in [4.69, 9.17) is 23.1 Å². The highest BCUT2D eigenvalue weighted by atomic mass is 35.5. The molecule has 3 nitrogen and oxygen atoms in total. The first-order valence-electron chi connectivity index (χ1n) is 4.70. The maximum atomic E-state index is 12.9. The quantitative estimate of drug-likeness (QED) is 0.650. The lowest BCUT2D eigenvalue weighted by atomic mass is 10.3. The molecular formula is C11H9ClFN3S. The number of nitrogens with zero attached hydrogens (tertiary/aromatic N) is 1. The summed E-state index contributed by atoms with van der Waals surface area (Å²) in [5.74, 6) is -0.194. The minimum atomic E-state index is -0.486. The molecule has 6 heteroatoms. The number of thiophene rings is 1. The second kappa shape index (κ2) is 4.73. The second-order valence-corrected chi connectivity index (χ2v) is 4.62. The van der Waals surface area contributed by atoms with E-state index in [9.17, 15) is 4.39 Å². The number of benzene rings is 1. The number of aliphatic imine (C=N–C) groups is 1. The highest BCUT2D eigenvalue weighted by Crippen LogP contribution is 2.24. The van der Waals surface area contributed by atoms with Crippen LogP contribution in [-0.2, 0) is 0 Å². The molecule has 4 N–H and O–H groups in total. The first-order chi connectivity index (χ1) is 8.08. The van der Waals surface area contributed by atoms with Crippen molar-refractivity contribution < 1.29 is 4.39 Å². The van der Waals surface area contributed by atoms with Gasteiger partial charge in [0.25, 0.3) is 0 Å². The predicted molar refractivity (Wildman–Crippen MR) is 70.5 cm³/mol. The van der Waals surface area contributed by atoms with E-state index in [0.717, 1.165) is 0 Å². The number of hydrogen-bond acceptors (Lipinski definition) is 3. The van der Waals surface area contributed by atoms with Crippen LogP contribution in [0.5, 0.6) is 0 Å². The van der Waals surface area contributed by atoms with Crippen LogP contribution in [0.1, 0.15) is 4.88 Å². The zero-order valence-corrected chi connectivity index (χ0v) is 10.2. The monoisotopic (exact) mass is 269 g/mol. The van der Waals surface area contributed by atoms with E-state index in [-0.39, 0.29) is 5.02 Å². The molecule has 17 heavy (non-hydrogen) atoms. The highest BCUT2D eigenvalue weighted by Gasteiger charge is 2.06. The first kappa shape index (κ1) is 11.9. The van der Waals surface area contributed by atoms with Gasteiger partial charge < -0.3 is 11.5 Å². The molecule has 0 atom stereocenters. The standard InChI is InChI=1S/C11H9ClFN3S/c12-7-5-6(1-2-8(7)13)16-11(15)10-9(14)3-4-17-10/h1-5H,14H2,(H2,15,16). The Hall–Kier alpha value is -1.59. The lowest BCUT2D eigenvalue weighted by Gasteiger charge is -2.00. The first-order valence-corrected chi connectivity index (χ1v) is 5.96. The molecule has 88 valence electrons. The molecule has 0 fully saturated rings. The van der Waals surface area contributed by atoms with Crippen molar-refractivity contribution >= 4 is 40.1 Å². The Labute approximate surface area is 107 Å². The van der Waals surface area contributed by atoms with Gasteiger partial charge in [-0.3, -0.25) is 0 Å². The average molecular weight is 270 g/mol.